The first-order valence-electron chi connectivity index (χ1n) is 7.84. The summed E-state index contributed by atoms with van der Waals surface area (Å²) in [4.78, 5) is 2.74. The van der Waals surface area contributed by atoms with Crippen LogP contribution in [0.4, 0.5) is 0 Å². The zero-order valence-electron chi connectivity index (χ0n) is 12.8. The molecule has 106 valence electrons. The number of likely N-dealkylation sites (tertiary alicyclic amines) is 1. The van der Waals surface area contributed by atoms with Gasteiger partial charge in [-0.2, -0.15) is 0 Å². The highest BCUT2D eigenvalue weighted by molar-refractivity contribution is 5.01. The van der Waals surface area contributed by atoms with E-state index in [9.17, 15) is 0 Å². The van der Waals surface area contributed by atoms with E-state index in [-0.39, 0.29) is 0 Å². The van der Waals surface area contributed by atoms with Crippen LogP contribution in [0.1, 0.15) is 59.8 Å². The highest BCUT2D eigenvalue weighted by Gasteiger charge is 2.45. The molecule has 2 rings (SSSR count). The molecule has 0 spiro atoms. The summed E-state index contributed by atoms with van der Waals surface area (Å²) in [7, 11) is 0. The Bertz CT molecular complexity index is 285. The second-order valence-corrected chi connectivity index (χ2v) is 7.86. The Morgan fingerprint density at radius 3 is 2.50 bits per heavy atom. The maximum absolute atomic E-state index is 6.23. The molecule has 0 aromatic rings. The average molecular weight is 252 g/mol. The molecule has 1 aliphatic heterocycles. The second-order valence-electron chi connectivity index (χ2n) is 7.86. The van der Waals surface area contributed by atoms with Crippen molar-refractivity contribution in [2.75, 3.05) is 19.6 Å². The molecule has 2 fully saturated rings. The minimum atomic E-state index is 0.320. The van der Waals surface area contributed by atoms with Crippen molar-refractivity contribution in [3.63, 3.8) is 0 Å². The quantitative estimate of drug-likeness (QED) is 0.835. The summed E-state index contributed by atoms with van der Waals surface area (Å²) in [5.74, 6) is 1.69. The van der Waals surface area contributed by atoms with Crippen molar-refractivity contribution < 1.29 is 0 Å². The van der Waals surface area contributed by atoms with Gasteiger partial charge in [0.05, 0.1) is 0 Å². The molecule has 1 heterocycles. The fraction of sp³-hybridized carbons (Fsp3) is 1.00. The van der Waals surface area contributed by atoms with Crippen LogP contribution in [-0.4, -0.2) is 30.1 Å². The Balaban J connectivity index is 2.10. The number of nitrogens with two attached hydrogens (primary N) is 1. The number of hydrogen-bond donors (Lipinski definition) is 1. The Morgan fingerprint density at radius 2 is 2.00 bits per heavy atom. The number of rotatable bonds is 3. The van der Waals surface area contributed by atoms with Gasteiger partial charge in [0.25, 0.3) is 0 Å². The van der Waals surface area contributed by atoms with Crippen LogP contribution in [0.15, 0.2) is 0 Å². The molecule has 18 heavy (non-hydrogen) atoms. The molecule has 1 saturated carbocycles. The highest BCUT2D eigenvalue weighted by Crippen LogP contribution is 2.43. The number of nitrogens with zero attached hydrogens (tertiary/aromatic N) is 1. The smallest absolute Gasteiger partial charge is 0.0334 e. The van der Waals surface area contributed by atoms with Gasteiger partial charge >= 0.3 is 0 Å². The summed E-state index contributed by atoms with van der Waals surface area (Å²) in [6.07, 6.45) is 6.77. The third-order valence-electron chi connectivity index (χ3n) is 5.53. The molecule has 1 saturated heterocycles. The van der Waals surface area contributed by atoms with Crippen molar-refractivity contribution in [1.82, 2.24) is 4.90 Å². The van der Waals surface area contributed by atoms with Gasteiger partial charge in [-0.15, -0.1) is 0 Å². The lowest BCUT2D eigenvalue weighted by Gasteiger charge is -2.48. The molecule has 1 aliphatic carbocycles. The van der Waals surface area contributed by atoms with E-state index in [0.717, 1.165) is 18.4 Å². The monoisotopic (exact) mass is 252 g/mol. The SMILES string of the molecule is CC(C)C1CCCC(CN)(N2CCC(C)(C)C2)C1. The molecular formula is C16H32N2. The first-order valence-corrected chi connectivity index (χ1v) is 7.84. The van der Waals surface area contributed by atoms with Crippen molar-refractivity contribution in [2.24, 2.45) is 23.0 Å². The van der Waals surface area contributed by atoms with Crippen LogP contribution in [0.5, 0.6) is 0 Å². The van der Waals surface area contributed by atoms with Crippen LogP contribution in [0, 0.1) is 17.3 Å². The fourth-order valence-electron chi connectivity index (χ4n) is 4.07. The Morgan fingerprint density at radius 1 is 1.28 bits per heavy atom. The highest BCUT2D eigenvalue weighted by atomic mass is 15.2. The maximum Gasteiger partial charge on any atom is 0.0334 e. The van der Waals surface area contributed by atoms with E-state index in [2.05, 4.69) is 32.6 Å². The molecule has 0 aromatic carbocycles. The van der Waals surface area contributed by atoms with E-state index < -0.39 is 0 Å². The van der Waals surface area contributed by atoms with Gasteiger partial charge in [0, 0.05) is 18.6 Å². The zero-order valence-corrected chi connectivity index (χ0v) is 12.8. The second kappa shape index (κ2) is 5.13. The molecule has 0 aromatic heterocycles. The fourth-order valence-corrected chi connectivity index (χ4v) is 4.07. The molecule has 0 bridgehead atoms. The topological polar surface area (TPSA) is 29.3 Å². The van der Waals surface area contributed by atoms with Crippen molar-refractivity contribution in [3.8, 4) is 0 Å². The lowest BCUT2D eigenvalue weighted by atomic mass is 9.71. The molecule has 2 N–H and O–H groups in total. The molecule has 0 amide bonds. The molecule has 2 heteroatoms. The predicted molar refractivity (Wildman–Crippen MR) is 78.6 cm³/mol. The zero-order chi connectivity index (χ0) is 13.4. The van der Waals surface area contributed by atoms with E-state index >= 15 is 0 Å². The van der Waals surface area contributed by atoms with Crippen molar-refractivity contribution in [2.45, 2.75) is 65.3 Å². The lowest BCUT2D eigenvalue weighted by Crippen LogP contribution is -2.56. The third kappa shape index (κ3) is 2.75. The summed E-state index contributed by atoms with van der Waals surface area (Å²) in [6, 6.07) is 0. The van der Waals surface area contributed by atoms with E-state index in [4.69, 9.17) is 5.73 Å². The average Bonchev–Trinajstić information content (AvgIpc) is 2.70. The van der Waals surface area contributed by atoms with Crippen LogP contribution in [0.2, 0.25) is 0 Å². The van der Waals surface area contributed by atoms with Gasteiger partial charge in [-0.3, -0.25) is 4.90 Å². The Hall–Kier alpha value is -0.0800. The summed E-state index contributed by atoms with van der Waals surface area (Å²) in [5, 5.41) is 0. The molecule has 2 aliphatic rings. The molecule has 2 unspecified atom stereocenters. The van der Waals surface area contributed by atoms with E-state index in [0.29, 0.717) is 11.0 Å². The Labute approximate surface area is 113 Å². The van der Waals surface area contributed by atoms with Crippen molar-refractivity contribution in [3.05, 3.63) is 0 Å². The molecule has 2 atom stereocenters. The van der Waals surface area contributed by atoms with E-state index in [1.807, 2.05) is 0 Å². The normalized spacial score (nSPS) is 37.3. The van der Waals surface area contributed by atoms with Crippen molar-refractivity contribution >= 4 is 0 Å². The van der Waals surface area contributed by atoms with Crippen molar-refractivity contribution in [1.29, 1.82) is 0 Å². The van der Waals surface area contributed by atoms with Crippen LogP contribution < -0.4 is 5.73 Å². The van der Waals surface area contributed by atoms with Gasteiger partial charge in [-0.05, 0) is 43.1 Å². The van der Waals surface area contributed by atoms with Crippen LogP contribution in [0.25, 0.3) is 0 Å². The van der Waals surface area contributed by atoms with Gasteiger partial charge in [-0.25, -0.2) is 0 Å². The van der Waals surface area contributed by atoms with Gasteiger partial charge < -0.3 is 5.73 Å². The van der Waals surface area contributed by atoms with Gasteiger partial charge in [0.1, 0.15) is 0 Å². The van der Waals surface area contributed by atoms with Crippen LogP contribution >= 0.6 is 0 Å². The summed E-state index contributed by atoms with van der Waals surface area (Å²) < 4.78 is 0. The van der Waals surface area contributed by atoms with E-state index in [1.54, 1.807) is 0 Å². The van der Waals surface area contributed by atoms with Crippen LogP contribution in [0.3, 0.4) is 0 Å². The molecule has 0 radical (unpaired) electrons. The maximum atomic E-state index is 6.23. The van der Waals surface area contributed by atoms with Gasteiger partial charge in [-0.1, -0.05) is 40.5 Å². The number of hydrogen-bond acceptors (Lipinski definition) is 2. The summed E-state index contributed by atoms with van der Waals surface area (Å²) in [6.45, 7) is 12.9. The molecule has 2 nitrogen and oxygen atoms in total. The minimum absolute atomic E-state index is 0.320. The third-order valence-corrected chi connectivity index (χ3v) is 5.53. The lowest BCUT2D eigenvalue weighted by molar-refractivity contribution is 0.0367. The predicted octanol–water partition coefficient (Wildman–Crippen LogP) is 3.26. The van der Waals surface area contributed by atoms with Crippen LogP contribution in [-0.2, 0) is 0 Å². The minimum Gasteiger partial charge on any atom is -0.329 e. The van der Waals surface area contributed by atoms with Gasteiger partial charge in [0.2, 0.25) is 0 Å². The first-order chi connectivity index (χ1) is 8.38. The molecular weight excluding hydrogens is 220 g/mol. The van der Waals surface area contributed by atoms with Gasteiger partial charge in [0.15, 0.2) is 0 Å². The van der Waals surface area contributed by atoms with E-state index in [1.165, 1.54) is 45.2 Å². The summed E-state index contributed by atoms with van der Waals surface area (Å²) in [5.41, 5.74) is 7.04. The standard InChI is InChI=1S/C16H32N2/c1-13(2)14-6-5-7-16(10-14,11-17)18-9-8-15(3,4)12-18/h13-14H,5-12,17H2,1-4H3. The largest absolute Gasteiger partial charge is 0.329 e. The Kier molecular flexibility index (Phi) is 4.08. The summed E-state index contributed by atoms with van der Waals surface area (Å²) >= 11 is 0. The first kappa shape index (κ1) is 14.3.